The highest BCUT2D eigenvalue weighted by atomic mass is 16.5. The number of piperazine rings is 1. The predicted molar refractivity (Wildman–Crippen MR) is 107 cm³/mol. The zero-order valence-corrected chi connectivity index (χ0v) is 15.7. The Balaban J connectivity index is 1.43. The van der Waals surface area contributed by atoms with E-state index < -0.39 is 0 Å². The molecule has 2 aromatic rings. The highest BCUT2D eigenvalue weighted by Gasteiger charge is 2.19. The maximum atomic E-state index is 10.3. The second-order valence-electron chi connectivity index (χ2n) is 6.80. The van der Waals surface area contributed by atoms with E-state index in [1.165, 1.54) is 5.69 Å². The van der Waals surface area contributed by atoms with E-state index in [1.54, 1.807) is 0 Å². The molecule has 0 radical (unpaired) electrons. The van der Waals surface area contributed by atoms with Gasteiger partial charge in [0.25, 0.3) is 0 Å². The number of benzene rings is 2. The lowest BCUT2D eigenvalue weighted by atomic mass is 10.0. The molecule has 2 aromatic carbocycles. The number of aliphatic hydroxyl groups is 1. The number of hydrogen-bond acceptors (Lipinski definition) is 4. The number of ether oxygens (including phenoxy) is 1. The van der Waals surface area contributed by atoms with E-state index in [4.69, 9.17) is 4.74 Å². The first-order chi connectivity index (χ1) is 12.8. The molecular formula is C22H30N2O2. The van der Waals surface area contributed by atoms with Gasteiger partial charge in [0, 0.05) is 26.2 Å². The molecule has 0 aliphatic carbocycles. The largest absolute Gasteiger partial charge is 0.492 e. The van der Waals surface area contributed by atoms with Crippen molar-refractivity contribution in [2.75, 3.05) is 44.2 Å². The van der Waals surface area contributed by atoms with E-state index in [2.05, 4.69) is 28.0 Å². The Hall–Kier alpha value is -2.04. The zero-order valence-electron chi connectivity index (χ0n) is 15.7. The zero-order chi connectivity index (χ0) is 18.2. The van der Waals surface area contributed by atoms with Gasteiger partial charge in [0.2, 0.25) is 0 Å². The molecule has 1 aliphatic rings. The van der Waals surface area contributed by atoms with Crippen LogP contribution in [0.5, 0.6) is 5.75 Å². The molecule has 1 N–H and O–H groups in total. The fourth-order valence-corrected chi connectivity index (χ4v) is 3.56. The van der Waals surface area contributed by atoms with Crippen LogP contribution in [0.1, 0.15) is 31.4 Å². The maximum absolute atomic E-state index is 10.3. The van der Waals surface area contributed by atoms with Crippen molar-refractivity contribution < 1.29 is 9.84 Å². The van der Waals surface area contributed by atoms with E-state index >= 15 is 0 Å². The van der Waals surface area contributed by atoms with Crippen LogP contribution in [0, 0.1) is 0 Å². The summed E-state index contributed by atoms with van der Waals surface area (Å²) in [7, 11) is 0. The van der Waals surface area contributed by atoms with Crippen LogP contribution in [0.2, 0.25) is 0 Å². The van der Waals surface area contributed by atoms with E-state index in [0.29, 0.717) is 6.61 Å². The summed E-state index contributed by atoms with van der Waals surface area (Å²) >= 11 is 0. The van der Waals surface area contributed by atoms with Gasteiger partial charge in [0.1, 0.15) is 5.75 Å². The molecule has 4 heteroatoms. The highest BCUT2D eigenvalue weighted by Crippen LogP contribution is 2.29. The number of nitrogens with zero attached hydrogens (tertiary/aromatic N) is 2. The van der Waals surface area contributed by atoms with Gasteiger partial charge in [0.15, 0.2) is 0 Å². The van der Waals surface area contributed by atoms with Gasteiger partial charge in [-0.05, 0) is 44.0 Å². The van der Waals surface area contributed by atoms with E-state index in [0.717, 1.165) is 56.9 Å². The van der Waals surface area contributed by atoms with Gasteiger partial charge >= 0.3 is 0 Å². The summed E-state index contributed by atoms with van der Waals surface area (Å²) in [6.45, 7) is 7.92. The molecule has 0 spiro atoms. The van der Waals surface area contributed by atoms with Gasteiger partial charge in [-0.1, -0.05) is 42.5 Å². The third-order valence-electron chi connectivity index (χ3n) is 5.01. The molecule has 1 heterocycles. The molecule has 1 aliphatic heterocycles. The normalized spacial score (nSPS) is 16.5. The van der Waals surface area contributed by atoms with Crippen LogP contribution in [-0.4, -0.2) is 49.3 Å². The SMILES string of the molecule is CCOc1ccccc1N1CCN(CCCC(O)c2ccccc2)CC1. The number of anilines is 1. The standard InChI is InChI=1S/C22H30N2O2/c1-2-26-22-13-7-6-11-20(22)24-17-15-23(16-18-24)14-8-12-21(25)19-9-4-3-5-10-19/h3-7,9-11,13,21,25H,2,8,12,14-18H2,1H3. The summed E-state index contributed by atoms with van der Waals surface area (Å²) < 4.78 is 5.77. The van der Waals surface area contributed by atoms with Crippen molar-refractivity contribution in [3.63, 3.8) is 0 Å². The van der Waals surface area contributed by atoms with Gasteiger partial charge in [-0.3, -0.25) is 4.90 Å². The Labute approximate surface area is 157 Å². The Kier molecular flexibility index (Phi) is 6.92. The molecule has 1 unspecified atom stereocenters. The lowest BCUT2D eigenvalue weighted by molar-refractivity contribution is 0.154. The minimum atomic E-state index is -0.351. The molecule has 0 bridgehead atoms. The second kappa shape index (κ2) is 9.60. The molecule has 0 saturated carbocycles. The van der Waals surface area contributed by atoms with Crippen LogP contribution in [-0.2, 0) is 0 Å². The monoisotopic (exact) mass is 354 g/mol. The highest BCUT2D eigenvalue weighted by molar-refractivity contribution is 5.58. The number of rotatable bonds is 8. The van der Waals surface area contributed by atoms with Crippen LogP contribution in [0.25, 0.3) is 0 Å². The van der Waals surface area contributed by atoms with Crippen molar-refractivity contribution in [1.29, 1.82) is 0 Å². The first kappa shape index (κ1) is 18.7. The summed E-state index contributed by atoms with van der Waals surface area (Å²) in [6, 6.07) is 18.3. The minimum Gasteiger partial charge on any atom is -0.492 e. The second-order valence-corrected chi connectivity index (χ2v) is 6.80. The fourth-order valence-electron chi connectivity index (χ4n) is 3.56. The van der Waals surface area contributed by atoms with Crippen LogP contribution in [0.15, 0.2) is 54.6 Å². The topological polar surface area (TPSA) is 35.9 Å². The van der Waals surface area contributed by atoms with Gasteiger partial charge < -0.3 is 14.7 Å². The summed E-state index contributed by atoms with van der Waals surface area (Å²) in [5.41, 5.74) is 2.22. The van der Waals surface area contributed by atoms with Crippen molar-refractivity contribution >= 4 is 5.69 Å². The molecule has 1 atom stereocenters. The van der Waals surface area contributed by atoms with Crippen LogP contribution in [0.3, 0.4) is 0 Å². The molecular weight excluding hydrogens is 324 g/mol. The Bertz CT molecular complexity index is 654. The molecule has 1 fully saturated rings. The number of para-hydroxylation sites is 2. The quantitative estimate of drug-likeness (QED) is 0.784. The van der Waals surface area contributed by atoms with E-state index in [9.17, 15) is 5.11 Å². The van der Waals surface area contributed by atoms with Crippen LogP contribution >= 0.6 is 0 Å². The first-order valence-corrected chi connectivity index (χ1v) is 9.70. The van der Waals surface area contributed by atoms with Gasteiger partial charge in [-0.25, -0.2) is 0 Å². The van der Waals surface area contributed by atoms with Crippen molar-refractivity contribution in [2.24, 2.45) is 0 Å². The maximum Gasteiger partial charge on any atom is 0.142 e. The summed E-state index contributed by atoms with van der Waals surface area (Å²) in [5, 5.41) is 10.3. The summed E-state index contributed by atoms with van der Waals surface area (Å²) in [4.78, 5) is 4.91. The molecule has 1 saturated heterocycles. The third-order valence-corrected chi connectivity index (χ3v) is 5.01. The third kappa shape index (κ3) is 4.99. The van der Waals surface area contributed by atoms with Gasteiger partial charge in [-0.2, -0.15) is 0 Å². The van der Waals surface area contributed by atoms with Crippen LogP contribution < -0.4 is 9.64 Å². The lowest BCUT2D eigenvalue weighted by Crippen LogP contribution is -2.46. The smallest absolute Gasteiger partial charge is 0.142 e. The van der Waals surface area contributed by atoms with E-state index in [1.807, 2.05) is 43.3 Å². The Morgan fingerprint density at radius 1 is 0.962 bits per heavy atom. The fraction of sp³-hybridized carbons (Fsp3) is 0.455. The Morgan fingerprint density at radius 2 is 1.65 bits per heavy atom. The van der Waals surface area contributed by atoms with Crippen molar-refractivity contribution in [1.82, 2.24) is 4.90 Å². The first-order valence-electron chi connectivity index (χ1n) is 9.70. The number of aliphatic hydroxyl groups excluding tert-OH is 1. The van der Waals surface area contributed by atoms with Gasteiger partial charge in [-0.15, -0.1) is 0 Å². The van der Waals surface area contributed by atoms with Crippen molar-refractivity contribution in [3.05, 3.63) is 60.2 Å². The van der Waals surface area contributed by atoms with Crippen molar-refractivity contribution in [3.8, 4) is 5.75 Å². The molecule has 140 valence electrons. The molecule has 4 nitrogen and oxygen atoms in total. The molecule has 0 amide bonds. The Morgan fingerprint density at radius 3 is 2.38 bits per heavy atom. The van der Waals surface area contributed by atoms with Crippen molar-refractivity contribution in [2.45, 2.75) is 25.9 Å². The average Bonchev–Trinajstić information content (AvgIpc) is 2.70. The molecule has 3 rings (SSSR count). The predicted octanol–water partition coefficient (Wildman–Crippen LogP) is 3.72. The summed E-state index contributed by atoms with van der Waals surface area (Å²) in [5.74, 6) is 0.981. The number of hydrogen-bond donors (Lipinski definition) is 1. The van der Waals surface area contributed by atoms with Gasteiger partial charge in [0.05, 0.1) is 18.4 Å². The molecule has 0 aromatic heterocycles. The van der Waals surface area contributed by atoms with E-state index in [-0.39, 0.29) is 6.10 Å². The lowest BCUT2D eigenvalue weighted by Gasteiger charge is -2.36. The van der Waals surface area contributed by atoms with Crippen LogP contribution in [0.4, 0.5) is 5.69 Å². The molecule has 26 heavy (non-hydrogen) atoms. The minimum absolute atomic E-state index is 0.351. The average molecular weight is 354 g/mol. The summed E-state index contributed by atoms with van der Waals surface area (Å²) in [6.07, 6.45) is 1.48.